The first kappa shape index (κ1) is 16.7. The van der Waals surface area contributed by atoms with Crippen LogP contribution in [0.3, 0.4) is 0 Å². The molecule has 0 spiro atoms. The van der Waals surface area contributed by atoms with Gasteiger partial charge in [0.05, 0.1) is 12.3 Å². The molecule has 1 aromatic heterocycles. The van der Waals surface area contributed by atoms with Gasteiger partial charge in [-0.3, -0.25) is 9.48 Å². The lowest BCUT2D eigenvalue weighted by molar-refractivity contribution is -0.120. The number of hydrogen-bond donors (Lipinski definition) is 2. The summed E-state index contributed by atoms with van der Waals surface area (Å²) < 4.78 is 7.00. The zero-order chi connectivity index (χ0) is 15.0. The number of hydrogen-bond acceptors (Lipinski definition) is 4. The van der Waals surface area contributed by atoms with E-state index in [0.29, 0.717) is 13.0 Å². The molecule has 0 bridgehead atoms. The van der Waals surface area contributed by atoms with Crippen LogP contribution in [0.25, 0.3) is 0 Å². The molecule has 114 valence electrons. The van der Waals surface area contributed by atoms with E-state index in [1.165, 1.54) is 11.3 Å². The number of amides is 1. The van der Waals surface area contributed by atoms with Crippen molar-refractivity contribution in [3.63, 3.8) is 0 Å². The zero-order valence-corrected chi connectivity index (χ0v) is 13.0. The summed E-state index contributed by atoms with van der Waals surface area (Å²) in [6.45, 7) is 7.22. The van der Waals surface area contributed by atoms with Crippen molar-refractivity contribution in [3.05, 3.63) is 17.0 Å². The van der Waals surface area contributed by atoms with Crippen LogP contribution in [0.15, 0.2) is 0 Å². The lowest BCUT2D eigenvalue weighted by Crippen LogP contribution is -2.19. The van der Waals surface area contributed by atoms with Crippen LogP contribution in [0.2, 0.25) is 0 Å². The molecule has 1 heterocycles. The molecule has 0 unspecified atom stereocenters. The maximum absolute atomic E-state index is 11.2. The molecular weight excluding hydrogens is 256 g/mol. The van der Waals surface area contributed by atoms with Gasteiger partial charge >= 0.3 is 0 Å². The molecule has 0 aliphatic heterocycles. The monoisotopic (exact) mass is 282 g/mol. The number of rotatable bonds is 9. The number of nitrogens with zero attached hydrogens (tertiary/aromatic N) is 2. The van der Waals surface area contributed by atoms with Gasteiger partial charge in [-0.1, -0.05) is 0 Å². The highest BCUT2D eigenvalue weighted by Crippen LogP contribution is 2.13. The Morgan fingerprint density at radius 2 is 2.15 bits per heavy atom. The Labute approximate surface area is 120 Å². The largest absolute Gasteiger partial charge is 0.383 e. The quantitative estimate of drug-likeness (QED) is 0.656. The van der Waals surface area contributed by atoms with E-state index in [4.69, 9.17) is 4.74 Å². The molecule has 2 N–H and O–H groups in total. The number of carbonyl (C=O) groups is 1. The van der Waals surface area contributed by atoms with Crippen molar-refractivity contribution in [2.45, 2.75) is 39.8 Å². The highest BCUT2D eigenvalue weighted by molar-refractivity contribution is 5.75. The summed E-state index contributed by atoms with van der Waals surface area (Å²) in [5.41, 5.74) is 3.46. The van der Waals surface area contributed by atoms with Gasteiger partial charge in [-0.25, -0.2) is 0 Å². The van der Waals surface area contributed by atoms with Crippen LogP contribution in [0.5, 0.6) is 0 Å². The summed E-state index contributed by atoms with van der Waals surface area (Å²) >= 11 is 0. The van der Waals surface area contributed by atoms with Gasteiger partial charge in [0.15, 0.2) is 0 Å². The number of ether oxygens (including phenoxy) is 1. The van der Waals surface area contributed by atoms with E-state index >= 15 is 0 Å². The minimum atomic E-state index is 0.0768. The van der Waals surface area contributed by atoms with Crippen LogP contribution in [0.1, 0.15) is 29.8 Å². The summed E-state index contributed by atoms with van der Waals surface area (Å²) in [5, 5.41) is 10.5. The summed E-state index contributed by atoms with van der Waals surface area (Å²) in [4.78, 5) is 11.2. The number of aryl methyl sites for hydroxylation is 2. The topological polar surface area (TPSA) is 68.2 Å². The van der Waals surface area contributed by atoms with Crippen molar-refractivity contribution in [1.82, 2.24) is 20.4 Å². The second-order valence-corrected chi connectivity index (χ2v) is 4.82. The van der Waals surface area contributed by atoms with Crippen molar-refractivity contribution < 1.29 is 9.53 Å². The van der Waals surface area contributed by atoms with Crippen LogP contribution >= 0.6 is 0 Å². The Balaban J connectivity index is 2.50. The van der Waals surface area contributed by atoms with Crippen molar-refractivity contribution in [2.75, 3.05) is 27.3 Å². The number of carbonyl (C=O) groups excluding carboxylic acids is 1. The summed E-state index contributed by atoms with van der Waals surface area (Å²) in [6, 6.07) is 0. The Kier molecular flexibility index (Phi) is 7.25. The Morgan fingerprint density at radius 3 is 2.80 bits per heavy atom. The predicted octanol–water partition coefficient (Wildman–Crippen LogP) is 0.762. The molecule has 20 heavy (non-hydrogen) atoms. The minimum absolute atomic E-state index is 0.0768. The summed E-state index contributed by atoms with van der Waals surface area (Å²) in [7, 11) is 3.36. The average molecular weight is 282 g/mol. The fourth-order valence-electron chi connectivity index (χ4n) is 2.11. The molecule has 0 atom stereocenters. The SMILES string of the molecule is CNC(=O)CCCn1nc(C)c(CNCCOC)c1C. The molecule has 1 aromatic rings. The molecule has 0 fully saturated rings. The molecule has 0 radical (unpaired) electrons. The van der Waals surface area contributed by atoms with E-state index in [0.717, 1.165) is 31.7 Å². The maximum Gasteiger partial charge on any atom is 0.219 e. The van der Waals surface area contributed by atoms with Crippen molar-refractivity contribution in [3.8, 4) is 0 Å². The lowest BCUT2D eigenvalue weighted by atomic mass is 10.2. The van der Waals surface area contributed by atoms with E-state index in [2.05, 4.69) is 22.7 Å². The van der Waals surface area contributed by atoms with Crippen LogP contribution in [0, 0.1) is 13.8 Å². The molecule has 0 saturated heterocycles. The van der Waals surface area contributed by atoms with Gasteiger partial charge in [0.2, 0.25) is 5.91 Å². The number of nitrogens with one attached hydrogen (secondary N) is 2. The van der Waals surface area contributed by atoms with Gasteiger partial charge < -0.3 is 15.4 Å². The van der Waals surface area contributed by atoms with Gasteiger partial charge in [-0.05, 0) is 20.3 Å². The van der Waals surface area contributed by atoms with Gasteiger partial charge in [0.25, 0.3) is 0 Å². The smallest absolute Gasteiger partial charge is 0.219 e. The summed E-state index contributed by atoms with van der Waals surface area (Å²) in [6.07, 6.45) is 1.34. The van der Waals surface area contributed by atoms with Crippen molar-refractivity contribution in [2.24, 2.45) is 0 Å². The molecular formula is C14H26N4O2. The molecule has 1 amide bonds. The summed E-state index contributed by atoms with van der Waals surface area (Å²) in [5.74, 6) is 0.0768. The molecule has 6 heteroatoms. The first-order valence-electron chi connectivity index (χ1n) is 7.03. The Hall–Kier alpha value is -1.40. The van der Waals surface area contributed by atoms with E-state index in [9.17, 15) is 4.79 Å². The first-order valence-corrected chi connectivity index (χ1v) is 7.03. The van der Waals surface area contributed by atoms with Gasteiger partial charge in [-0.15, -0.1) is 0 Å². The number of methoxy groups -OCH3 is 1. The fraction of sp³-hybridized carbons (Fsp3) is 0.714. The third-order valence-electron chi connectivity index (χ3n) is 3.37. The Bertz CT molecular complexity index is 429. The van der Waals surface area contributed by atoms with E-state index in [1.807, 2.05) is 11.6 Å². The zero-order valence-electron chi connectivity index (χ0n) is 13.0. The van der Waals surface area contributed by atoms with Crippen LogP contribution in [0.4, 0.5) is 0 Å². The first-order chi connectivity index (χ1) is 9.60. The average Bonchev–Trinajstić information content (AvgIpc) is 2.70. The van der Waals surface area contributed by atoms with Crippen molar-refractivity contribution >= 4 is 5.91 Å². The van der Waals surface area contributed by atoms with Crippen molar-refractivity contribution in [1.29, 1.82) is 0 Å². The highest BCUT2D eigenvalue weighted by atomic mass is 16.5. The minimum Gasteiger partial charge on any atom is -0.383 e. The van der Waals surface area contributed by atoms with E-state index in [1.54, 1.807) is 14.2 Å². The van der Waals surface area contributed by atoms with Crippen LogP contribution in [-0.2, 0) is 22.6 Å². The highest BCUT2D eigenvalue weighted by Gasteiger charge is 2.11. The van der Waals surface area contributed by atoms with E-state index < -0.39 is 0 Å². The second kappa shape index (κ2) is 8.71. The maximum atomic E-state index is 11.2. The molecule has 6 nitrogen and oxygen atoms in total. The fourth-order valence-corrected chi connectivity index (χ4v) is 2.11. The number of aromatic nitrogens is 2. The normalized spacial score (nSPS) is 10.8. The Morgan fingerprint density at radius 1 is 1.40 bits per heavy atom. The van der Waals surface area contributed by atoms with Gasteiger partial charge in [0.1, 0.15) is 0 Å². The molecule has 0 saturated carbocycles. The van der Waals surface area contributed by atoms with Gasteiger partial charge in [-0.2, -0.15) is 5.10 Å². The molecule has 0 aliphatic carbocycles. The van der Waals surface area contributed by atoms with E-state index in [-0.39, 0.29) is 5.91 Å². The predicted molar refractivity (Wildman–Crippen MR) is 78.6 cm³/mol. The lowest BCUT2D eigenvalue weighted by Gasteiger charge is -2.06. The molecule has 0 aliphatic rings. The van der Waals surface area contributed by atoms with Crippen LogP contribution < -0.4 is 10.6 Å². The molecule has 1 rings (SSSR count). The second-order valence-electron chi connectivity index (χ2n) is 4.82. The van der Waals surface area contributed by atoms with Crippen LogP contribution in [-0.4, -0.2) is 43.0 Å². The standard InChI is InChI=1S/C14H26N4O2/c1-11-13(10-16-7-9-20-4)12(2)18(17-11)8-5-6-14(19)15-3/h16H,5-10H2,1-4H3,(H,15,19). The van der Waals surface area contributed by atoms with Gasteiger partial charge in [0, 0.05) is 51.5 Å². The molecule has 0 aromatic carbocycles. The third kappa shape index (κ3) is 4.94. The third-order valence-corrected chi connectivity index (χ3v) is 3.37.